The number of carboxylic acids is 1. The molecule has 1 saturated heterocycles. The maximum atomic E-state index is 12.6. The van der Waals surface area contributed by atoms with Crippen molar-refractivity contribution >= 4 is 17.6 Å². The highest BCUT2D eigenvalue weighted by Gasteiger charge is 2.31. The molecule has 0 aliphatic carbocycles. The smallest absolute Gasteiger partial charge is 0.303 e. The molecule has 6 heteroatoms. The molecule has 0 saturated carbocycles. The Labute approximate surface area is 123 Å². The summed E-state index contributed by atoms with van der Waals surface area (Å²) < 4.78 is 0. The van der Waals surface area contributed by atoms with Gasteiger partial charge in [0.05, 0.1) is 12.1 Å². The molecule has 1 fully saturated rings. The first-order chi connectivity index (χ1) is 10.1. The molecule has 0 spiro atoms. The Bertz CT molecular complexity index is 492. The van der Waals surface area contributed by atoms with Gasteiger partial charge < -0.3 is 20.4 Å². The number of para-hydroxylation sites is 1. The predicted octanol–water partition coefficient (Wildman–Crippen LogP) is 0.607. The zero-order valence-electron chi connectivity index (χ0n) is 11.7. The molecule has 1 amide bonds. The van der Waals surface area contributed by atoms with Crippen molar-refractivity contribution in [1.82, 2.24) is 5.32 Å². The minimum Gasteiger partial charge on any atom is -0.481 e. The van der Waals surface area contributed by atoms with E-state index in [9.17, 15) is 14.7 Å². The lowest BCUT2D eigenvalue weighted by atomic mass is 10.1. The first kappa shape index (κ1) is 15.5. The van der Waals surface area contributed by atoms with Gasteiger partial charge in [0.2, 0.25) is 5.91 Å². The highest BCUT2D eigenvalue weighted by molar-refractivity contribution is 5.97. The van der Waals surface area contributed by atoms with E-state index in [0.717, 1.165) is 5.69 Å². The van der Waals surface area contributed by atoms with Gasteiger partial charge in [-0.2, -0.15) is 0 Å². The minimum absolute atomic E-state index is 0.0251. The van der Waals surface area contributed by atoms with Crippen LogP contribution in [-0.2, 0) is 9.59 Å². The lowest BCUT2D eigenvalue weighted by Gasteiger charge is -2.25. The van der Waals surface area contributed by atoms with E-state index in [1.807, 2.05) is 30.3 Å². The predicted molar refractivity (Wildman–Crippen MR) is 78.1 cm³/mol. The molecule has 3 N–H and O–H groups in total. The average molecular weight is 292 g/mol. The number of amides is 1. The molecule has 1 aliphatic rings. The Morgan fingerprint density at radius 3 is 2.57 bits per heavy atom. The van der Waals surface area contributed by atoms with Gasteiger partial charge in [0.15, 0.2) is 0 Å². The Morgan fingerprint density at radius 1 is 1.29 bits per heavy atom. The van der Waals surface area contributed by atoms with Gasteiger partial charge in [-0.1, -0.05) is 18.2 Å². The van der Waals surface area contributed by atoms with Crippen molar-refractivity contribution in [1.29, 1.82) is 0 Å². The zero-order chi connectivity index (χ0) is 15.2. The van der Waals surface area contributed by atoms with Crippen molar-refractivity contribution in [3.8, 4) is 0 Å². The fourth-order valence-corrected chi connectivity index (χ4v) is 2.46. The van der Waals surface area contributed by atoms with Crippen molar-refractivity contribution in [2.45, 2.75) is 31.4 Å². The second-order valence-corrected chi connectivity index (χ2v) is 5.17. The summed E-state index contributed by atoms with van der Waals surface area (Å²) in [6.07, 6.45) is 0.305. The fourth-order valence-electron chi connectivity index (χ4n) is 2.46. The number of nitrogens with zero attached hydrogens (tertiary/aromatic N) is 1. The van der Waals surface area contributed by atoms with Gasteiger partial charge >= 0.3 is 5.97 Å². The second kappa shape index (κ2) is 7.19. The monoisotopic (exact) mass is 292 g/mol. The van der Waals surface area contributed by atoms with Gasteiger partial charge in [0.1, 0.15) is 0 Å². The van der Waals surface area contributed by atoms with E-state index in [0.29, 0.717) is 25.9 Å². The summed E-state index contributed by atoms with van der Waals surface area (Å²) in [7, 11) is 0. The maximum absolute atomic E-state index is 12.6. The van der Waals surface area contributed by atoms with Crippen molar-refractivity contribution in [2.75, 3.05) is 18.0 Å². The molecule has 1 aromatic carbocycles. The second-order valence-electron chi connectivity index (χ2n) is 5.17. The molecule has 114 valence electrons. The van der Waals surface area contributed by atoms with Gasteiger partial charge in [-0.05, 0) is 25.0 Å². The molecule has 2 atom stereocenters. The van der Waals surface area contributed by atoms with E-state index in [-0.39, 0.29) is 12.3 Å². The number of anilines is 1. The first-order valence-electron chi connectivity index (χ1n) is 7.07. The number of β-amino-alcohol motifs (C(OH)–C–C–N with tert-alkyl or cyclic N) is 1. The van der Waals surface area contributed by atoms with E-state index in [4.69, 9.17) is 5.11 Å². The summed E-state index contributed by atoms with van der Waals surface area (Å²) in [6, 6.07) is 8.77. The molecular weight excluding hydrogens is 272 g/mol. The Kier molecular flexibility index (Phi) is 5.30. The molecule has 0 bridgehead atoms. The van der Waals surface area contributed by atoms with Crippen LogP contribution in [-0.4, -0.2) is 47.3 Å². The lowest BCUT2D eigenvalue weighted by molar-refractivity contribution is -0.137. The van der Waals surface area contributed by atoms with Gasteiger partial charge in [-0.15, -0.1) is 0 Å². The van der Waals surface area contributed by atoms with Gasteiger partial charge in [0.25, 0.3) is 0 Å². The third kappa shape index (κ3) is 4.27. The number of hydrogen-bond donors (Lipinski definition) is 3. The van der Waals surface area contributed by atoms with Crippen LogP contribution in [0.2, 0.25) is 0 Å². The number of nitrogens with one attached hydrogen (secondary N) is 1. The number of rotatable bonds is 6. The number of carboxylic acid groups (broad SMARTS) is 1. The van der Waals surface area contributed by atoms with Gasteiger partial charge in [-0.25, -0.2) is 0 Å². The molecule has 1 aromatic rings. The average Bonchev–Trinajstić information content (AvgIpc) is 2.90. The number of benzene rings is 1. The van der Waals surface area contributed by atoms with Crippen molar-refractivity contribution in [3.05, 3.63) is 30.3 Å². The van der Waals surface area contributed by atoms with Crippen molar-refractivity contribution in [2.24, 2.45) is 0 Å². The molecule has 0 aromatic heterocycles. The first-order valence-corrected chi connectivity index (χ1v) is 7.07. The number of carbonyl (C=O) groups is 2. The maximum Gasteiger partial charge on any atom is 0.303 e. The van der Waals surface area contributed by atoms with Crippen LogP contribution in [0, 0.1) is 0 Å². The Hall–Kier alpha value is -1.92. The van der Waals surface area contributed by atoms with Crippen LogP contribution in [0.5, 0.6) is 0 Å². The molecule has 6 nitrogen and oxygen atoms in total. The van der Waals surface area contributed by atoms with Crippen LogP contribution < -0.4 is 10.2 Å². The SMILES string of the molecule is O=C(O)CCCN(C(=O)C1CC(O)CN1)c1ccccc1. The normalized spacial score (nSPS) is 21.2. The lowest BCUT2D eigenvalue weighted by Crippen LogP contribution is -2.44. The van der Waals surface area contributed by atoms with E-state index in [1.54, 1.807) is 4.90 Å². The van der Waals surface area contributed by atoms with E-state index >= 15 is 0 Å². The van der Waals surface area contributed by atoms with Crippen molar-refractivity contribution in [3.63, 3.8) is 0 Å². The summed E-state index contributed by atoms with van der Waals surface area (Å²) >= 11 is 0. The topological polar surface area (TPSA) is 89.9 Å². The molecule has 0 radical (unpaired) electrons. The van der Waals surface area contributed by atoms with Crippen LogP contribution >= 0.6 is 0 Å². The highest BCUT2D eigenvalue weighted by atomic mass is 16.4. The summed E-state index contributed by atoms with van der Waals surface area (Å²) in [5.41, 5.74) is 0.746. The zero-order valence-corrected chi connectivity index (χ0v) is 11.7. The molecule has 2 rings (SSSR count). The van der Waals surface area contributed by atoms with Crippen LogP contribution in [0.4, 0.5) is 5.69 Å². The summed E-state index contributed by atoms with van der Waals surface area (Å²) in [4.78, 5) is 24.8. The van der Waals surface area contributed by atoms with Crippen molar-refractivity contribution < 1.29 is 19.8 Å². The number of aliphatic hydroxyl groups excluding tert-OH is 1. The van der Waals surface area contributed by atoms with E-state index in [1.165, 1.54) is 0 Å². The standard InChI is InChI=1S/C15H20N2O4/c18-12-9-13(16-10-12)15(21)17(8-4-7-14(19)20)11-5-2-1-3-6-11/h1-3,5-6,12-13,16,18H,4,7-10H2,(H,19,20). The third-order valence-corrected chi connectivity index (χ3v) is 3.51. The molecule has 21 heavy (non-hydrogen) atoms. The van der Waals surface area contributed by atoms with Crippen LogP contribution in [0.25, 0.3) is 0 Å². The van der Waals surface area contributed by atoms with Gasteiger partial charge in [-0.3, -0.25) is 9.59 Å². The van der Waals surface area contributed by atoms with E-state index < -0.39 is 18.1 Å². The summed E-state index contributed by atoms with van der Waals surface area (Å²) in [5, 5.41) is 21.3. The number of carbonyl (C=O) groups excluding carboxylic acids is 1. The Balaban J connectivity index is 2.07. The number of hydrogen-bond acceptors (Lipinski definition) is 4. The Morgan fingerprint density at radius 2 is 2.00 bits per heavy atom. The third-order valence-electron chi connectivity index (χ3n) is 3.51. The molecule has 1 heterocycles. The largest absolute Gasteiger partial charge is 0.481 e. The summed E-state index contributed by atoms with van der Waals surface area (Å²) in [6.45, 7) is 0.761. The summed E-state index contributed by atoms with van der Waals surface area (Å²) in [5.74, 6) is -0.993. The molecular formula is C15H20N2O4. The quantitative estimate of drug-likeness (QED) is 0.714. The minimum atomic E-state index is -0.870. The highest BCUT2D eigenvalue weighted by Crippen LogP contribution is 2.18. The molecule has 1 aliphatic heterocycles. The fraction of sp³-hybridized carbons (Fsp3) is 0.467. The van der Waals surface area contributed by atoms with Crippen LogP contribution in [0.15, 0.2) is 30.3 Å². The molecule has 2 unspecified atom stereocenters. The van der Waals surface area contributed by atoms with Crippen LogP contribution in [0.3, 0.4) is 0 Å². The number of aliphatic hydroxyl groups is 1. The van der Waals surface area contributed by atoms with E-state index in [2.05, 4.69) is 5.32 Å². The number of aliphatic carboxylic acids is 1. The van der Waals surface area contributed by atoms with Crippen LogP contribution in [0.1, 0.15) is 19.3 Å². The van der Waals surface area contributed by atoms with Gasteiger partial charge in [0, 0.05) is 25.2 Å².